The van der Waals surface area contributed by atoms with Crippen LogP contribution in [-0.4, -0.2) is 31.3 Å². The summed E-state index contributed by atoms with van der Waals surface area (Å²) in [4.78, 5) is 2.20. The van der Waals surface area contributed by atoms with E-state index in [1.54, 1.807) is 0 Å². The fourth-order valence-corrected chi connectivity index (χ4v) is 1.70. The molecule has 0 fully saturated rings. The lowest BCUT2D eigenvalue weighted by Crippen LogP contribution is -2.28. The molecule has 0 aromatic heterocycles. The highest BCUT2D eigenvalue weighted by atomic mass is 15.1. The summed E-state index contributed by atoms with van der Waals surface area (Å²) >= 11 is 0. The van der Waals surface area contributed by atoms with Crippen LogP contribution in [0.4, 0.5) is 0 Å². The van der Waals surface area contributed by atoms with Crippen molar-refractivity contribution >= 4 is 6.21 Å². The van der Waals surface area contributed by atoms with E-state index in [1.807, 2.05) is 6.07 Å². The quantitative estimate of drug-likeness (QED) is 0.708. The molecule has 0 heterocycles. The Labute approximate surface area is 92.4 Å². The number of hydrogen-bond donors (Lipinski definition) is 1. The fraction of sp³-hybridized carbons (Fsp3) is 0.462. The summed E-state index contributed by atoms with van der Waals surface area (Å²) < 4.78 is 0. The first-order valence-corrected chi connectivity index (χ1v) is 5.43. The standard InChI is InChI=1S/C13H20N2/c1-15(2)13(10-11-14)9-8-12-6-4-3-5-7-12/h3-7,11,13-14H,8-10H2,1-2H3. The van der Waals surface area contributed by atoms with E-state index in [-0.39, 0.29) is 0 Å². The number of benzene rings is 1. The van der Waals surface area contributed by atoms with Crippen molar-refractivity contribution in [2.24, 2.45) is 0 Å². The van der Waals surface area contributed by atoms with Crippen molar-refractivity contribution in [3.05, 3.63) is 35.9 Å². The lowest BCUT2D eigenvalue weighted by atomic mass is 10.0. The number of rotatable bonds is 6. The molecular formula is C13H20N2. The van der Waals surface area contributed by atoms with Gasteiger partial charge in [0.15, 0.2) is 0 Å². The van der Waals surface area contributed by atoms with Crippen molar-refractivity contribution in [3.8, 4) is 0 Å². The molecule has 1 atom stereocenters. The maximum atomic E-state index is 7.16. The molecule has 82 valence electrons. The maximum absolute atomic E-state index is 7.16. The van der Waals surface area contributed by atoms with Gasteiger partial charge in [0.1, 0.15) is 0 Å². The highest BCUT2D eigenvalue weighted by Crippen LogP contribution is 2.09. The van der Waals surface area contributed by atoms with Gasteiger partial charge < -0.3 is 10.3 Å². The van der Waals surface area contributed by atoms with Crippen molar-refractivity contribution in [2.75, 3.05) is 14.1 Å². The molecule has 1 aromatic carbocycles. The molecule has 1 N–H and O–H groups in total. The average Bonchev–Trinajstić information content (AvgIpc) is 2.25. The van der Waals surface area contributed by atoms with Crippen LogP contribution in [0.25, 0.3) is 0 Å². The predicted octanol–water partition coefficient (Wildman–Crippen LogP) is 2.59. The summed E-state index contributed by atoms with van der Waals surface area (Å²) in [6, 6.07) is 11.0. The largest absolute Gasteiger partial charge is 0.313 e. The highest BCUT2D eigenvalue weighted by Gasteiger charge is 2.09. The van der Waals surface area contributed by atoms with E-state index in [0.29, 0.717) is 6.04 Å². The van der Waals surface area contributed by atoms with Gasteiger partial charge in [-0.15, -0.1) is 0 Å². The zero-order valence-electron chi connectivity index (χ0n) is 9.61. The van der Waals surface area contributed by atoms with Gasteiger partial charge in [0.25, 0.3) is 0 Å². The summed E-state index contributed by atoms with van der Waals surface area (Å²) in [5.74, 6) is 0. The van der Waals surface area contributed by atoms with Crippen molar-refractivity contribution in [1.82, 2.24) is 4.90 Å². The third-order valence-corrected chi connectivity index (χ3v) is 2.73. The van der Waals surface area contributed by atoms with Crippen LogP contribution in [0.3, 0.4) is 0 Å². The molecule has 0 aliphatic heterocycles. The summed E-state index contributed by atoms with van der Waals surface area (Å²) in [6.07, 6.45) is 4.57. The molecule has 2 nitrogen and oxygen atoms in total. The Morgan fingerprint density at radius 3 is 2.47 bits per heavy atom. The molecule has 15 heavy (non-hydrogen) atoms. The first kappa shape index (κ1) is 11.9. The first-order valence-electron chi connectivity index (χ1n) is 5.43. The van der Waals surface area contributed by atoms with Crippen LogP contribution in [0.15, 0.2) is 30.3 Å². The topological polar surface area (TPSA) is 27.1 Å². The van der Waals surface area contributed by atoms with Crippen molar-refractivity contribution < 1.29 is 0 Å². The molecule has 0 aliphatic carbocycles. The lowest BCUT2D eigenvalue weighted by Gasteiger charge is -2.22. The minimum absolute atomic E-state index is 0.489. The summed E-state index contributed by atoms with van der Waals surface area (Å²) in [7, 11) is 4.16. The van der Waals surface area contributed by atoms with Crippen LogP contribution < -0.4 is 0 Å². The molecule has 0 radical (unpaired) electrons. The normalized spacial score (nSPS) is 12.7. The lowest BCUT2D eigenvalue weighted by molar-refractivity contribution is 0.286. The molecule has 0 aliphatic rings. The molecule has 0 spiro atoms. The van der Waals surface area contributed by atoms with E-state index in [1.165, 1.54) is 11.8 Å². The average molecular weight is 204 g/mol. The minimum atomic E-state index is 0.489. The second kappa shape index (κ2) is 6.36. The SMILES string of the molecule is CN(C)C(CC=N)CCc1ccccc1. The highest BCUT2D eigenvalue weighted by molar-refractivity contribution is 5.53. The van der Waals surface area contributed by atoms with Gasteiger partial charge in [-0.3, -0.25) is 0 Å². The number of nitrogens with zero attached hydrogens (tertiary/aromatic N) is 1. The van der Waals surface area contributed by atoms with E-state index < -0.39 is 0 Å². The zero-order valence-corrected chi connectivity index (χ0v) is 9.61. The van der Waals surface area contributed by atoms with Gasteiger partial charge in [-0.25, -0.2) is 0 Å². The molecule has 0 saturated heterocycles. The Kier molecular flexibility index (Phi) is 5.05. The Morgan fingerprint density at radius 1 is 1.27 bits per heavy atom. The molecule has 0 saturated carbocycles. The van der Waals surface area contributed by atoms with Crippen molar-refractivity contribution in [1.29, 1.82) is 5.41 Å². The number of nitrogens with one attached hydrogen (secondary N) is 1. The molecule has 1 aromatic rings. The van der Waals surface area contributed by atoms with Gasteiger partial charge in [-0.2, -0.15) is 0 Å². The maximum Gasteiger partial charge on any atom is 0.0142 e. The van der Waals surface area contributed by atoms with E-state index >= 15 is 0 Å². The summed E-state index contributed by atoms with van der Waals surface area (Å²) in [6.45, 7) is 0. The van der Waals surface area contributed by atoms with Gasteiger partial charge in [-0.05, 0) is 45.1 Å². The van der Waals surface area contributed by atoms with E-state index in [9.17, 15) is 0 Å². The Morgan fingerprint density at radius 2 is 1.93 bits per heavy atom. The molecule has 1 rings (SSSR count). The van der Waals surface area contributed by atoms with E-state index in [2.05, 4.69) is 43.3 Å². The van der Waals surface area contributed by atoms with Gasteiger partial charge in [0.05, 0.1) is 0 Å². The smallest absolute Gasteiger partial charge is 0.0142 e. The number of hydrogen-bond acceptors (Lipinski definition) is 2. The molecule has 0 amide bonds. The molecule has 0 bridgehead atoms. The van der Waals surface area contributed by atoms with Gasteiger partial charge >= 0.3 is 0 Å². The second-order valence-corrected chi connectivity index (χ2v) is 4.08. The van der Waals surface area contributed by atoms with Crippen molar-refractivity contribution in [2.45, 2.75) is 25.3 Å². The minimum Gasteiger partial charge on any atom is -0.313 e. The Hall–Kier alpha value is -1.15. The van der Waals surface area contributed by atoms with Crippen LogP contribution >= 0.6 is 0 Å². The Balaban J connectivity index is 2.43. The Bertz CT molecular complexity index is 280. The van der Waals surface area contributed by atoms with Crippen LogP contribution in [0.5, 0.6) is 0 Å². The first-order chi connectivity index (χ1) is 7.24. The van der Waals surface area contributed by atoms with Crippen LogP contribution in [-0.2, 0) is 6.42 Å². The third kappa shape index (κ3) is 4.26. The second-order valence-electron chi connectivity index (χ2n) is 4.08. The predicted molar refractivity (Wildman–Crippen MR) is 65.6 cm³/mol. The van der Waals surface area contributed by atoms with Crippen molar-refractivity contribution in [3.63, 3.8) is 0 Å². The molecule has 1 unspecified atom stereocenters. The number of aryl methyl sites for hydroxylation is 1. The fourth-order valence-electron chi connectivity index (χ4n) is 1.70. The molecule has 2 heteroatoms. The van der Waals surface area contributed by atoms with Gasteiger partial charge in [0.2, 0.25) is 0 Å². The van der Waals surface area contributed by atoms with Crippen LogP contribution in [0.1, 0.15) is 18.4 Å². The van der Waals surface area contributed by atoms with Gasteiger partial charge in [0, 0.05) is 6.04 Å². The van der Waals surface area contributed by atoms with E-state index in [0.717, 1.165) is 19.3 Å². The van der Waals surface area contributed by atoms with Crippen LogP contribution in [0.2, 0.25) is 0 Å². The third-order valence-electron chi connectivity index (χ3n) is 2.73. The molecular weight excluding hydrogens is 184 g/mol. The van der Waals surface area contributed by atoms with Gasteiger partial charge in [-0.1, -0.05) is 30.3 Å². The summed E-state index contributed by atoms with van der Waals surface area (Å²) in [5.41, 5.74) is 1.38. The van der Waals surface area contributed by atoms with Crippen LogP contribution in [0, 0.1) is 5.41 Å². The monoisotopic (exact) mass is 204 g/mol. The zero-order chi connectivity index (χ0) is 11.1. The van der Waals surface area contributed by atoms with E-state index in [4.69, 9.17) is 5.41 Å². The summed E-state index contributed by atoms with van der Waals surface area (Å²) in [5, 5.41) is 7.16.